The third-order valence-electron chi connectivity index (χ3n) is 4.12. The molecule has 1 aromatic rings. The zero-order valence-electron chi connectivity index (χ0n) is 9.73. The molecule has 1 saturated heterocycles. The summed E-state index contributed by atoms with van der Waals surface area (Å²) in [6.45, 7) is 2.36. The molecular weight excluding hydrogens is 196 g/mol. The van der Waals surface area contributed by atoms with Crippen LogP contribution in [0, 0.1) is 0 Å². The van der Waals surface area contributed by atoms with Gasteiger partial charge in [-0.2, -0.15) is 0 Å². The molecule has 1 aliphatic heterocycles. The second kappa shape index (κ2) is 4.19. The predicted molar refractivity (Wildman–Crippen MR) is 66.3 cm³/mol. The van der Waals surface area contributed by atoms with Crippen LogP contribution in [0.2, 0.25) is 0 Å². The van der Waals surface area contributed by atoms with E-state index in [1.807, 2.05) is 0 Å². The quantitative estimate of drug-likeness (QED) is 0.779. The van der Waals surface area contributed by atoms with Crippen molar-refractivity contribution in [1.29, 1.82) is 0 Å². The first-order chi connectivity index (χ1) is 7.84. The van der Waals surface area contributed by atoms with Crippen LogP contribution < -0.4 is 5.73 Å². The molecule has 1 heterocycles. The van der Waals surface area contributed by atoms with Crippen LogP contribution in [-0.2, 0) is 6.42 Å². The highest BCUT2D eigenvalue weighted by atomic mass is 15.2. The minimum absolute atomic E-state index is 0.438. The molecule has 1 atom stereocenters. The third kappa shape index (κ3) is 1.76. The zero-order valence-corrected chi connectivity index (χ0v) is 9.73. The average Bonchev–Trinajstić information content (AvgIpc) is 2.74. The Hall–Kier alpha value is -0.860. The van der Waals surface area contributed by atoms with Gasteiger partial charge in [0, 0.05) is 25.2 Å². The van der Waals surface area contributed by atoms with E-state index in [0.29, 0.717) is 12.1 Å². The second-order valence-corrected chi connectivity index (χ2v) is 5.13. The molecule has 1 aliphatic carbocycles. The van der Waals surface area contributed by atoms with Crippen molar-refractivity contribution in [3.05, 3.63) is 35.4 Å². The SMILES string of the molecule is NC1CCN([C@H]2CCc3ccccc32)CC1. The van der Waals surface area contributed by atoms with Crippen LogP contribution in [-0.4, -0.2) is 24.0 Å². The van der Waals surface area contributed by atoms with Crippen LogP contribution in [0.15, 0.2) is 24.3 Å². The lowest BCUT2D eigenvalue weighted by atomic mass is 10.0. The van der Waals surface area contributed by atoms with Crippen molar-refractivity contribution in [3.8, 4) is 0 Å². The summed E-state index contributed by atoms with van der Waals surface area (Å²) in [5.74, 6) is 0. The molecule has 2 nitrogen and oxygen atoms in total. The summed E-state index contributed by atoms with van der Waals surface area (Å²) in [6, 6.07) is 10.0. The molecule has 2 heteroatoms. The number of benzene rings is 1. The maximum absolute atomic E-state index is 5.96. The predicted octanol–water partition coefficient (Wildman–Crippen LogP) is 2.10. The van der Waals surface area contributed by atoms with Crippen molar-refractivity contribution in [1.82, 2.24) is 4.90 Å². The van der Waals surface area contributed by atoms with E-state index in [4.69, 9.17) is 5.73 Å². The first kappa shape index (κ1) is 10.3. The van der Waals surface area contributed by atoms with Gasteiger partial charge >= 0.3 is 0 Å². The van der Waals surface area contributed by atoms with Crippen LogP contribution in [0.25, 0.3) is 0 Å². The first-order valence-electron chi connectivity index (χ1n) is 6.42. The highest BCUT2D eigenvalue weighted by Crippen LogP contribution is 2.36. The Bertz CT molecular complexity index is 367. The minimum Gasteiger partial charge on any atom is -0.328 e. The van der Waals surface area contributed by atoms with E-state index >= 15 is 0 Å². The number of likely N-dealkylation sites (tertiary alicyclic amines) is 1. The van der Waals surface area contributed by atoms with Crippen molar-refractivity contribution < 1.29 is 0 Å². The van der Waals surface area contributed by atoms with E-state index < -0.39 is 0 Å². The lowest BCUT2D eigenvalue weighted by molar-refractivity contribution is 0.153. The molecule has 0 unspecified atom stereocenters. The van der Waals surface area contributed by atoms with Crippen molar-refractivity contribution >= 4 is 0 Å². The third-order valence-corrected chi connectivity index (χ3v) is 4.12. The topological polar surface area (TPSA) is 29.3 Å². The Labute approximate surface area is 97.4 Å². The van der Waals surface area contributed by atoms with Crippen molar-refractivity contribution in [2.75, 3.05) is 13.1 Å². The molecule has 1 fully saturated rings. The van der Waals surface area contributed by atoms with Crippen LogP contribution >= 0.6 is 0 Å². The summed E-state index contributed by atoms with van der Waals surface area (Å²) in [7, 11) is 0. The maximum atomic E-state index is 5.96. The number of hydrogen-bond donors (Lipinski definition) is 1. The molecule has 0 saturated carbocycles. The van der Waals surface area contributed by atoms with E-state index in [1.165, 1.54) is 38.8 Å². The fourth-order valence-corrected chi connectivity index (χ4v) is 3.15. The smallest absolute Gasteiger partial charge is 0.0354 e. The Morgan fingerprint density at radius 3 is 2.62 bits per heavy atom. The molecule has 0 amide bonds. The normalized spacial score (nSPS) is 26.9. The van der Waals surface area contributed by atoms with Crippen LogP contribution in [0.5, 0.6) is 0 Å². The van der Waals surface area contributed by atoms with Crippen molar-refractivity contribution in [2.45, 2.75) is 37.8 Å². The minimum atomic E-state index is 0.438. The largest absolute Gasteiger partial charge is 0.328 e. The van der Waals surface area contributed by atoms with Crippen LogP contribution in [0.3, 0.4) is 0 Å². The molecule has 2 aliphatic rings. The number of nitrogens with zero attached hydrogens (tertiary/aromatic N) is 1. The average molecular weight is 216 g/mol. The van der Waals surface area contributed by atoms with E-state index in [0.717, 1.165) is 0 Å². The lowest BCUT2D eigenvalue weighted by Crippen LogP contribution is -2.41. The Balaban J connectivity index is 1.77. The second-order valence-electron chi connectivity index (χ2n) is 5.13. The Morgan fingerprint density at radius 2 is 1.81 bits per heavy atom. The number of aryl methyl sites for hydroxylation is 1. The Morgan fingerprint density at radius 1 is 1.06 bits per heavy atom. The number of fused-ring (bicyclic) bond motifs is 1. The number of hydrogen-bond acceptors (Lipinski definition) is 2. The summed E-state index contributed by atoms with van der Waals surface area (Å²) in [6.07, 6.45) is 4.88. The number of rotatable bonds is 1. The van der Waals surface area contributed by atoms with E-state index in [-0.39, 0.29) is 0 Å². The highest BCUT2D eigenvalue weighted by Gasteiger charge is 2.29. The molecule has 3 rings (SSSR count). The van der Waals surface area contributed by atoms with Gasteiger partial charge in [0.25, 0.3) is 0 Å². The van der Waals surface area contributed by atoms with Gasteiger partial charge in [0.15, 0.2) is 0 Å². The van der Waals surface area contributed by atoms with Crippen molar-refractivity contribution in [2.24, 2.45) is 5.73 Å². The molecule has 1 aromatic carbocycles. The molecular formula is C14H20N2. The van der Waals surface area contributed by atoms with Gasteiger partial charge in [0.2, 0.25) is 0 Å². The van der Waals surface area contributed by atoms with Gasteiger partial charge in [0.05, 0.1) is 0 Å². The molecule has 0 spiro atoms. The van der Waals surface area contributed by atoms with Gasteiger partial charge in [-0.1, -0.05) is 24.3 Å². The molecule has 0 radical (unpaired) electrons. The van der Waals surface area contributed by atoms with Crippen LogP contribution in [0.4, 0.5) is 0 Å². The highest BCUT2D eigenvalue weighted by molar-refractivity contribution is 5.34. The zero-order chi connectivity index (χ0) is 11.0. The standard InChI is InChI=1S/C14H20N2/c15-12-7-9-16(10-8-12)14-6-5-11-3-1-2-4-13(11)14/h1-4,12,14H,5-10,15H2/t14-/m0/s1. The first-order valence-corrected chi connectivity index (χ1v) is 6.42. The monoisotopic (exact) mass is 216 g/mol. The van der Waals surface area contributed by atoms with Gasteiger partial charge < -0.3 is 5.73 Å². The van der Waals surface area contributed by atoms with E-state index in [9.17, 15) is 0 Å². The van der Waals surface area contributed by atoms with Crippen molar-refractivity contribution in [3.63, 3.8) is 0 Å². The van der Waals surface area contributed by atoms with Gasteiger partial charge in [-0.3, -0.25) is 4.90 Å². The lowest BCUT2D eigenvalue weighted by Gasteiger charge is -2.35. The van der Waals surface area contributed by atoms with Gasteiger partial charge in [0.1, 0.15) is 0 Å². The number of piperidine rings is 1. The molecule has 16 heavy (non-hydrogen) atoms. The summed E-state index contributed by atoms with van der Waals surface area (Å²) >= 11 is 0. The summed E-state index contributed by atoms with van der Waals surface area (Å²) in [4.78, 5) is 2.63. The van der Waals surface area contributed by atoms with Gasteiger partial charge in [-0.25, -0.2) is 0 Å². The van der Waals surface area contributed by atoms with Gasteiger partial charge in [-0.05, 0) is 36.8 Å². The van der Waals surface area contributed by atoms with Gasteiger partial charge in [-0.15, -0.1) is 0 Å². The summed E-state index contributed by atoms with van der Waals surface area (Å²) < 4.78 is 0. The fraction of sp³-hybridized carbons (Fsp3) is 0.571. The van der Waals surface area contributed by atoms with E-state index in [2.05, 4.69) is 29.2 Å². The molecule has 0 aromatic heterocycles. The fourth-order valence-electron chi connectivity index (χ4n) is 3.15. The summed E-state index contributed by atoms with van der Waals surface area (Å²) in [5, 5.41) is 0. The molecule has 0 bridgehead atoms. The number of nitrogens with two attached hydrogens (primary N) is 1. The molecule has 86 valence electrons. The van der Waals surface area contributed by atoms with Crippen LogP contribution in [0.1, 0.15) is 36.4 Å². The van der Waals surface area contributed by atoms with E-state index in [1.54, 1.807) is 11.1 Å². The summed E-state index contributed by atoms with van der Waals surface area (Å²) in [5.41, 5.74) is 9.09. The molecule has 2 N–H and O–H groups in total. The Kier molecular flexibility index (Phi) is 2.70. The maximum Gasteiger partial charge on any atom is 0.0354 e.